The minimum absolute atomic E-state index is 0.136. The van der Waals surface area contributed by atoms with Gasteiger partial charge in [-0.15, -0.1) is 0 Å². The van der Waals surface area contributed by atoms with Crippen LogP contribution in [0.1, 0.15) is 102 Å². The summed E-state index contributed by atoms with van der Waals surface area (Å²) in [5.41, 5.74) is 6.68. The topological polar surface area (TPSA) is 115 Å². The number of rotatable bonds is 13. The van der Waals surface area contributed by atoms with Crippen molar-refractivity contribution in [2.24, 2.45) is 23.5 Å². The monoisotopic (exact) mass is 619 g/mol. The lowest BCUT2D eigenvalue weighted by Crippen LogP contribution is -2.30. The molecule has 2 aliphatic rings. The number of alkyl halides is 1. The van der Waals surface area contributed by atoms with Crippen LogP contribution in [0.5, 0.6) is 0 Å². The van der Waals surface area contributed by atoms with Gasteiger partial charge in [-0.05, 0) is 88.7 Å². The smallest absolute Gasteiger partial charge is 0.211 e. The summed E-state index contributed by atoms with van der Waals surface area (Å²) in [6.07, 6.45) is 15.6. The maximum atomic E-state index is 11.9. The number of anilines is 1. The van der Waals surface area contributed by atoms with Crippen LogP contribution in [0.25, 0.3) is 11.0 Å². The first-order valence-electron chi connectivity index (χ1n) is 16.4. The minimum Gasteiger partial charge on any atom is -0.453 e. The first-order chi connectivity index (χ1) is 21.3. The number of benzene rings is 1. The number of halogens is 1. The Kier molecular flexibility index (Phi) is 21.2. The van der Waals surface area contributed by atoms with E-state index in [0.29, 0.717) is 30.4 Å². The fraction of sp³-hybridized carbons (Fsp3) is 0.686. The van der Waals surface area contributed by atoms with Crippen LogP contribution in [0.3, 0.4) is 0 Å². The molecule has 2 fully saturated rings. The van der Waals surface area contributed by atoms with Crippen LogP contribution in [0.15, 0.2) is 28.7 Å². The van der Waals surface area contributed by atoms with E-state index in [1.54, 1.807) is 31.4 Å². The number of nitrogens with two attached hydrogens (primary N) is 1. The number of nitrogens with zero attached hydrogens (tertiary/aromatic N) is 1. The van der Waals surface area contributed by atoms with E-state index < -0.39 is 6.67 Å². The average molecular weight is 620 g/mol. The van der Waals surface area contributed by atoms with Gasteiger partial charge < -0.3 is 29.9 Å². The Morgan fingerprint density at radius 3 is 2.34 bits per heavy atom. The lowest BCUT2D eigenvalue weighted by Gasteiger charge is -2.31. The second-order valence-electron chi connectivity index (χ2n) is 12.0. The maximum Gasteiger partial charge on any atom is 0.211 e. The Bertz CT molecular complexity index is 1040. The lowest BCUT2D eigenvalue weighted by molar-refractivity contribution is -0.111. The van der Waals surface area contributed by atoms with Crippen LogP contribution >= 0.6 is 0 Å². The van der Waals surface area contributed by atoms with Gasteiger partial charge in [0.15, 0.2) is 12.0 Å². The number of likely N-dealkylation sites (tertiary alicyclic amines) is 1. The highest BCUT2D eigenvalue weighted by molar-refractivity contribution is 5.88. The fourth-order valence-electron chi connectivity index (χ4n) is 5.89. The van der Waals surface area contributed by atoms with Gasteiger partial charge in [-0.2, -0.15) is 0 Å². The molecule has 2 aromatic rings. The van der Waals surface area contributed by atoms with E-state index in [1.165, 1.54) is 45.1 Å². The molecule has 250 valence electrons. The Hall–Kier alpha value is -2.62. The SMILES string of the molecule is CC1C(C2CCCCC2)CCN1C.CCC(C=O)CCCC(N)CF.CCCOC.O=CNc1ccc2oc(C=O)cc2c1. The highest BCUT2D eigenvalue weighted by Gasteiger charge is 2.34. The second kappa shape index (κ2) is 23.7. The predicted octanol–water partition coefficient (Wildman–Crippen LogP) is 7.44. The van der Waals surface area contributed by atoms with Crippen molar-refractivity contribution in [2.45, 2.75) is 103 Å². The van der Waals surface area contributed by atoms with Gasteiger partial charge in [-0.25, -0.2) is 4.39 Å². The highest BCUT2D eigenvalue weighted by atomic mass is 19.1. The second-order valence-corrected chi connectivity index (χ2v) is 12.0. The normalized spacial score (nSPS) is 19.7. The minimum atomic E-state index is -0.460. The van der Waals surface area contributed by atoms with Crippen molar-refractivity contribution in [3.63, 3.8) is 0 Å². The van der Waals surface area contributed by atoms with Crippen molar-refractivity contribution in [3.05, 3.63) is 30.0 Å². The summed E-state index contributed by atoms with van der Waals surface area (Å²) in [5.74, 6) is 2.50. The van der Waals surface area contributed by atoms with E-state index in [2.05, 4.69) is 31.1 Å². The Balaban J connectivity index is 0.000000308. The summed E-state index contributed by atoms with van der Waals surface area (Å²) in [7, 11) is 4.00. The number of furan rings is 1. The molecular formula is C35H58FN3O5. The highest BCUT2D eigenvalue weighted by Crippen LogP contribution is 2.37. The maximum absolute atomic E-state index is 11.9. The van der Waals surface area contributed by atoms with E-state index in [4.69, 9.17) is 14.9 Å². The molecule has 1 aliphatic carbocycles. The number of hydrogen-bond donors (Lipinski definition) is 2. The quantitative estimate of drug-likeness (QED) is 0.224. The molecule has 4 atom stereocenters. The van der Waals surface area contributed by atoms with Crippen molar-refractivity contribution in [2.75, 3.05) is 39.3 Å². The zero-order chi connectivity index (χ0) is 32.7. The molecule has 0 bridgehead atoms. The van der Waals surface area contributed by atoms with Crippen molar-refractivity contribution >= 4 is 35.6 Å². The number of amides is 1. The zero-order valence-electron chi connectivity index (χ0n) is 27.8. The van der Waals surface area contributed by atoms with Gasteiger partial charge in [0.05, 0.1) is 0 Å². The number of carbonyl (C=O) groups is 3. The van der Waals surface area contributed by atoms with Gasteiger partial charge in [0.2, 0.25) is 6.41 Å². The molecule has 44 heavy (non-hydrogen) atoms. The number of methoxy groups -OCH3 is 1. The number of carbonyl (C=O) groups excluding carboxylic acids is 3. The van der Waals surface area contributed by atoms with Gasteiger partial charge in [0.25, 0.3) is 0 Å². The number of fused-ring (bicyclic) bond motifs is 1. The van der Waals surface area contributed by atoms with Crippen molar-refractivity contribution in [3.8, 4) is 0 Å². The predicted molar refractivity (Wildman–Crippen MR) is 178 cm³/mol. The van der Waals surface area contributed by atoms with E-state index in [1.807, 2.05) is 6.92 Å². The van der Waals surface area contributed by atoms with Gasteiger partial charge in [-0.1, -0.05) is 52.4 Å². The number of aldehydes is 2. The summed E-state index contributed by atoms with van der Waals surface area (Å²) in [6, 6.07) is 7.28. The molecule has 1 saturated carbocycles. The zero-order valence-corrected chi connectivity index (χ0v) is 27.8. The molecule has 0 spiro atoms. The summed E-state index contributed by atoms with van der Waals surface area (Å²) in [6.45, 7) is 8.25. The van der Waals surface area contributed by atoms with E-state index in [9.17, 15) is 18.8 Å². The molecule has 1 aromatic carbocycles. The molecule has 1 amide bonds. The van der Waals surface area contributed by atoms with Gasteiger partial charge in [0.1, 0.15) is 18.5 Å². The molecule has 3 N–H and O–H groups in total. The van der Waals surface area contributed by atoms with Crippen LogP contribution in [0.4, 0.5) is 10.1 Å². The first kappa shape index (κ1) is 39.4. The first-order valence-corrected chi connectivity index (χ1v) is 16.4. The van der Waals surface area contributed by atoms with E-state index >= 15 is 0 Å². The lowest BCUT2D eigenvalue weighted by atomic mass is 9.77. The van der Waals surface area contributed by atoms with Crippen LogP contribution in [0.2, 0.25) is 0 Å². The third-order valence-electron chi connectivity index (χ3n) is 8.74. The Labute approximate surface area is 264 Å². The molecule has 1 saturated heterocycles. The van der Waals surface area contributed by atoms with Crippen molar-refractivity contribution in [1.29, 1.82) is 0 Å². The third-order valence-corrected chi connectivity index (χ3v) is 8.74. The average Bonchev–Trinajstić information content (AvgIpc) is 3.62. The molecule has 1 aliphatic heterocycles. The summed E-state index contributed by atoms with van der Waals surface area (Å²) < 4.78 is 21.7. The molecule has 0 radical (unpaired) electrons. The molecule has 1 aromatic heterocycles. The van der Waals surface area contributed by atoms with Gasteiger partial charge in [0, 0.05) is 42.8 Å². The number of nitrogens with one attached hydrogen (secondary N) is 1. The van der Waals surface area contributed by atoms with Crippen molar-refractivity contribution in [1.82, 2.24) is 4.90 Å². The summed E-state index contributed by atoms with van der Waals surface area (Å²) in [5, 5.41) is 3.31. The van der Waals surface area contributed by atoms with Crippen LogP contribution in [-0.2, 0) is 14.3 Å². The van der Waals surface area contributed by atoms with Gasteiger partial charge >= 0.3 is 0 Å². The third kappa shape index (κ3) is 14.9. The van der Waals surface area contributed by atoms with Crippen LogP contribution < -0.4 is 11.1 Å². The fourth-order valence-corrected chi connectivity index (χ4v) is 5.89. The molecule has 2 heterocycles. The van der Waals surface area contributed by atoms with Crippen molar-refractivity contribution < 1.29 is 27.9 Å². The molecule has 9 heteroatoms. The number of hydrogen-bond acceptors (Lipinski definition) is 7. The largest absolute Gasteiger partial charge is 0.453 e. The standard InChI is InChI=1S/C12H23N.C10H7NO3.C9H18FNO.C4H10O/c1-10-12(8-9-13(10)2)11-6-4-3-5-7-11;12-5-9-4-7-3-8(11-6-13)1-2-10(7)14-9;1-2-8(7-12)4-3-5-9(11)6-10;1-3-4-5-2/h10-12H,3-9H2,1-2H3;1-6H,(H,11,13);7-9H,2-6,11H2,1H3;3-4H2,1-2H3. The molecular weight excluding hydrogens is 561 g/mol. The molecule has 8 nitrogen and oxygen atoms in total. The van der Waals surface area contributed by atoms with Gasteiger partial charge in [-0.3, -0.25) is 9.59 Å². The van der Waals surface area contributed by atoms with E-state index in [0.717, 1.165) is 61.8 Å². The number of ether oxygens (including phenoxy) is 1. The van der Waals surface area contributed by atoms with Crippen LogP contribution in [-0.4, -0.2) is 69.9 Å². The summed E-state index contributed by atoms with van der Waals surface area (Å²) >= 11 is 0. The molecule has 4 rings (SSSR count). The Morgan fingerprint density at radius 1 is 1.11 bits per heavy atom. The Morgan fingerprint density at radius 2 is 1.84 bits per heavy atom. The summed E-state index contributed by atoms with van der Waals surface area (Å²) in [4.78, 5) is 33.5. The van der Waals surface area contributed by atoms with E-state index in [-0.39, 0.29) is 17.7 Å². The molecule has 4 unspecified atom stereocenters. The van der Waals surface area contributed by atoms with Crippen LogP contribution in [0, 0.1) is 17.8 Å².